The van der Waals surface area contributed by atoms with Gasteiger partial charge in [-0.3, -0.25) is 10.1 Å². The first-order valence-corrected chi connectivity index (χ1v) is 9.51. The van der Waals surface area contributed by atoms with E-state index < -0.39 is 0 Å². The summed E-state index contributed by atoms with van der Waals surface area (Å²) in [4.78, 5) is 17.3. The van der Waals surface area contributed by atoms with Gasteiger partial charge in [-0.2, -0.15) is 0 Å². The standard InChI is InChI=1S/C22H27N3O3/c1-15-6-7-17(13-16(15)2)21(26)25-22(23-14-20-5-4-12-28-20)24-18-8-10-19(27-3)11-9-18/h6-11,13,20H,4-5,12,14H2,1-3H3,(H2,23,24,25,26)/t20-/m0/s1. The van der Waals surface area contributed by atoms with Crippen LogP contribution in [-0.4, -0.2) is 38.2 Å². The molecule has 1 fully saturated rings. The normalized spacial score (nSPS) is 16.7. The first-order chi connectivity index (χ1) is 13.5. The zero-order chi connectivity index (χ0) is 19.9. The molecule has 1 atom stereocenters. The molecule has 0 aromatic heterocycles. The molecule has 1 saturated heterocycles. The van der Waals surface area contributed by atoms with E-state index in [0.717, 1.165) is 42.0 Å². The van der Waals surface area contributed by atoms with E-state index in [2.05, 4.69) is 15.6 Å². The lowest BCUT2D eigenvalue weighted by Gasteiger charge is -2.14. The molecule has 0 unspecified atom stereocenters. The summed E-state index contributed by atoms with van der Waals surface area (Å²) in [5.74, 6) is 0.974. The van der Waals surface area contributed by atoms with Crippen LogP contribution in [0.5, 0.6) is 5.75 Å². The molecule has 1 amide bonds. The number of carbonyl (C=O) groups excluding carboxylic acids is 1. The molecule has 1 aliphatic rings. The van der Waals surface area contributed by atoms with Gasteiger partial charge in [-0.15, -0.1) is 0 Å². The summed E-state index contributed by atoms with van der Waals surface area (Å²) >= 11 is 0. The average Bonchev–Trinajstić information content (AvgIpc) is 3.22. The maximum absolute atomic E-state index is 12.7. The van der Waals surface area contributed by atoms with Crippen LogP contribution in [0.4, 0.5) is 5.69 Å². The molecular formula is C22H27N3O3. The molecular weight excluding hydrogens is 354 g/mol. The van der Waals surface area contributed by atoms with E-state index in [-0.39, 0.29) is 12.0 Å². The van der Waals surface area contributed by atoms with Gasteiger partial charge in [-0.05, 0) is 74.2 Å². The number of guanidine groups is 1. The maximum Gasteiger partial charge on any atom is 0.257 e. The molecule has 1 aliphatic heterocycles. The minimum atomic E-state index is -0.199. The number of anilines is 1. The van der Waals surface area contributed by atoms with Crippen molar-refractivity contribution in [3.8, 4) is 5.75 Å². The summed E-state index contributed by atoms with van der Waals surface area (Å²) < 4.78 is 10.8. The van der Waals surface area contributed by atoms with Gasteiger partial charge in [0.25, 0.3) is 5.91 Å². The van der Waals surface area contributed by atoms with E-state index >= 15 is 0 Å². The van der Waals surface area contributed by atoms with Crippen molar-refractivity contribution in [2.75, 3.05) is 25.6 Å². The van der Waals surface area contributed by atoms with E-state index in [0.29, 0.717) is 18.1 Å². The molecule has 2 aromatic rings. The third kappa shape index (κ3) is 5.33. The third-order valence-corrected chi connectivity index (χ3v) is 4.83. The summed E-state index contributed by atoms with van der Waals surface area (Å²) in [7, 11) is 1.63. The largest absolute Gasteiger partial charge is 0.497 e. The van der Waals surface area contributed by atoms with Gasteiger partial charge in [-0.1, -0.05) is 6.07 Å². The van der Waals surface area contributed by atoms with Gasteiger partial charge >= 0.3 is 0 Å². The fourth-order valence-electron chi connectivity index (χ4n) is 2.97. The minimum absolute atomic E-state index is 0.103. The Morgan fingerprint density at radius 3 is 2.61 bits per heavy atom. The number of amides is 1. The van der Waals surface area contributed by atoms with Gasteiger partial charge < -0.3 is 14.8 Å². The molecule has 2 aromatic carbocycles. The molecule has 2 N–H and O–H groups in total. The van der Waals surface area contributed by atoms with Crippen LogP contribution < -0.4 is 15.4 Å². The third-order valence-electron chi connectivity index (χ3n) is 4.83. The highest BCUT2D eigenvalue weighted by Crippen LogP contribution is 2.16. The lowest BCUT2D eigenvalue weighted by molar-refractivity contribution is 0.0975. The topological polar surface area (TPSA) is 71.9 Å². The lowest BCUT2D eigenvalue weighted by atomic mass is 10.1. The fraction of sp³-hybridized carbons (Fsp3) is 0.364. The van der Waals surface area contributed by atoms with Gasteiger partial charge in [0.1, 0.15) is 5.75 Å². The Bertz CT molecular complexity index is 841. The van der Waals surface area contributed by atoms with Gasteiger partial charge in [0.05, 0.1) is 19.8 Å². The van der Waals surface area contributed by atoms with Gasteiger partial charge in [0.15, 0.2) is 0 Å². The number of hydrogen-bond donors (Lipinski definition) is 2. The number of hydrogen-bond acceptors (Lipinski definition) is 4. The smallest absolute Gasteiger partial charge is 0.257 e. The monoisotopic (exact) mass is 381 g/mol. The Morgan fingerprint density at radius 1 is 1.18 bits per heavy atom. The number of carbonyl (C=O) groups is 1. The summed E-state index contributed by atoms with van der Waals surface area (Å²) in [5.41, 5.74) is 3.64. The highest BCUT2D eigenvalue weighted by atomic mass is 16.5. The predicted molar refractivity (Wildman–Crippen MR) is 111 cm³/mol. The van der Waals surface area contributed by atoms with Crippen molar-refractivity contribution in [1.82, 2.24) is 5.32 Å². The van der Waals surface area contributed by atoms with Crippen LogP contribution in [0, 0.1) is 13.8 Å². The zero-order valence-electron chi connectivity index (χ0n) is 16.6. The van der Waals surface area contributed by atoms with Crippen LogP contribution in [0.15, 0.2) is 47.5 Å². The molecule has 0 bridgehead atoms. The Morgan fingerprint density at radius 2 is 1.96 bits per heavy atom. The Kier molecular flexibility index (Phi) is 6.66. The van der Waals surface area contributed by atoms with E-state index in [1.807, 2.05) is 56.3 Å². The average molecular weight is 381 g/mol. The number of rotatable bonds is 5. The highest BCUT2D eigenvalue weighted by Gasteiger charge is 2.16. The second kappa shape index (κ2) is 9.37. The fourth-order valence-corrected chi connectivity index (χ4v) is 2.97. The predicted octanol–water partition coefficient (Wildman–Crippen LogP) is 3.69. The first kappa shape index (κ1) is 19.9. The Hall–Kier alpha value is -2.86. The highest BCUT2D eigenvalue weighted by molar-refractivity contribution is 6.10. The molecule has 148 valence electrons. The molecule has 0 aliphatic carbocycles. The van der Waals surface area contributed by atoms with Crippen molar-refractivity contribution >= 4 is 17.6 Å². The van der Waals surface area contributed by atoms with Gasteiger partial charge in [0, 0.05) is 17.9 Å². The van der Waals surface area contributed by atoms with Crippen LogP contribution >= 0.6 is 0 Å². The number of ether oxygens (including phenoxy) is 2. The van der Waals surface area contributed by atoms with Crippen molar-refractivity contribution in [3.63, 3.8) is 0 Å². The molecule has 28 heavy (non-hydrogen) atoms. The van der Waals surface area contributed by atoms with Crippen molar-refractivity contribution in [2.24, 2.45) is 4.99 Å². The van der Waals surface area contributed by atoms with E-state index in [9.17, 15) is 4.79 Å². The Labute approximate surface area is 166 Å². The number of nitrogens with one attached hydrogen (secondary N) is 2. The zero-order valence-corrected chi connectivity index (χ0v) is 16.6. The molecule has 3 rings (SSSR count). The number of aryl methyl sites for hydroxylation is 2. The number of benzene rings is 2. The second-order valence-electron chi connectivity index (χ2n) is 6.93. The Balaban J connectivity index is 1.74. The molecule has 1 heterocycles. The quantitative estimate of drug-likeness (QED) is 0.612. The molecule has 0 spiro atoms. The van der Waals surface area contributed by atoms with Crippen molar-refractivity contribution < 1.29 is 14.3 Å². The summed E-state index contributed by atoms with van der Waals surface area (Å²) in [6, 6.07) is 13.1. The minimum Gasteiger partial charge on any atom is -0.497 e. The lowest BCUT2D eigenvalue weighted by Crippen LogP contribution is -2.36. The van der Waals surface area contributed by atoms with Gasteiger partial charge in [0.2, 0.25) is 5.96 Å². The van der Waals surface area contributed by atoms with E-state index in [1.165, 1.54) is 0 Å². The van der Waals surface area contributed by atoms with Crippen molar-refractivity contribution in [2.45, 2.75) is 32.8 Å². The number of aliphatic imine (C=N–C) groups is 1. The van der Waals surface area contributed by atoms with Crippen molar-refractivity contribution in [1.29, 1.82) is 0 Å². The van der Waals surface area contributed by atoms with Crippen LogP contribution in [0.3, 0.4) is 0 Å². The molecule has 6 heteroatoms. The molecule has 0 radical (unpaired) electrons. The van der Waals surface area contributed by atoms with Crippen LogP contribution in [0.25, 0.3) is 0 Å². The van der Waals surface area contributed by atoms with Crippen LogP contribution in [-0.2, 0) is 4.74 Å². The maximum atomic E-state index is 12.7. The van der Waals surface area contributed by atoms with E-state index in [1.54, 1.807) is 7.11 Å². The number of methoxy groups -OCH3 is 1. The summed E-state index contributed by atoms with van der Waals surface area (Å²) in [5, 5.41) is 6.08. The molecule has 6 nitrogen and oxygen atoms in total. The first-order valence-electron chi connectivity index (χ1n) is 9.51. The SMILES string of the molecule is COc1ccc(NC(=NC[C@@H]2CCCO2)NC(=O)c2ccc(C)c(C)c2)cc1. The summed E-state index contributed by atoms with van der Waals surface area (Å²) in [6.07, 6.45) is 2.15. The number of nitrogens with zero attached hydrogens (tertiary/aromatic N) is 1. The summed E-state index contributed by atoms with van der Waals surface area (Å²) in [6.45, 7) is 5.30. The van der Waals surface area contributed by atoms with E-state index in [4.69, 9.17) is 9.47 Å². The van der Waals surface area contributed by atoms with Crippen LogP contribution in [0.2, 0.25) is 0 Å². The second-order valence-corrected chi connectivity index (χ2v) is 6.93. The van der Waals surface area contributed by atoms with Crippen molar-refractivity contribution in [3.05, 3.63) is 59.2 Å². The molecule has 0 saturated carbocycles. The van der Waals surface area contributed by atoms with Crippen LogP contribution in [0.1, 0.15) is 34.3 Å². The van der Waals surface area contributed by atoms with Gasteiger partial charge in [-0.25, -0.2) is 4.99 Å².